The largest absolute Gasteiger partial charge is 0.488 e. The fourth-order valence-electron chi connectivity index (χ4n) is 3.19. The lowest BCUT2D eigenvalue weighted by atomic mass is 10.0. The maximum absolute atomic E-state index is 14.8. The number of methoxy groups -OCH3 is 2. The van der Waals surface area contributed by atoms with Gasteiger partial charge in [0.25, 0.3) is 0 Å². The predicted molar refractivity (Wildman–Crippen MR) is 117 cm³/mol. The van der Waals surface area contributed by atoms with Crippen LogP contribution >= 0.6 is 0 Å². The van der Waals surface area contributed by atoms with Gasteiger partial charge in [-0.15, -0.1) is 0 Å². The molecule has 1 heterocycles. The zero-order chi connectivity index (χ0) is 24.1. The van der Waals surface area contributed by atoms with Crippen molar-refractivity contribution in [2.45, 2.75) is 20.3 Å². The Balaban J connectivity index is 2.19. The van der Waals surface area contributed by atoms with Gasteiger partial charge in [-0.25, -0.2) is 23.1 Å². The second-order valence-corrected chi connectivity index (χ2v) is 7.60. The van der Waals surface area contributed by atoms with Crippen molar-refractivity contribution in [1.29, 1.82) is 0 Å². The minimum absolute atomic E-state index is 0.0681. The van der Waals surface area contributed by atoms with E-state index in [2.05, 4.69) is 5.10 Å². The molecule has 0 aliphatic heterocycles. The van der Waals surface area contributed by atoms with Crippen LogP contribution in [0, 0.1) is 17.6 Å². The molecule has 0 saturated carbocycles. The summed E-state index contributed by atoms with van der Waals surface area (Å²) in [4.78, 5) is 25.2. The van der Waals surface area contributed by atoms with Crippen LogP contribution in [0.1, 0.15) is 41.1 Å². The lowest BCUT2D eigenvalue weighted by Gasteiger charge is -2.11. The number of hydrogen-bond donors (Lipinski definition) is 0. The summed E-state index contributed by atoms with van der Waals surface area (Å²) in [5.41, 5.74) is -0.285. The molecule has 9 heteroatoms. The summed E-state index contributed by atoms with van der Waals surface area (Å²) >= 11 is 0. The highest BCUT2D eigenvalue weighted by molar-refractivity contribution is 6.06. The summed E-state index contributed by atoms with van der Waals surface area (Å²) in [5.74, 6) is -3.92. The van der Waals surface area contributed by atoms with E-state index in [-0.39, 0.29) is 29.1 Å². The second kappa shape index (κ2) is 10.2. The number of rotatable bonds is 8. The number of hydrogen-bond acceptors (Lipinski definition) is 6. The van der Waals surface area contributed by atoms with E-state index in [1.807, 2.05) is 13.8 Å². The zero-order valence-corrected chi connectivity index (χ0v) is 18.7. The van der Waals surface area contributed by atoms with Gasteiger partial charge in [0.2, 0.25) is 0 Å². The number of esters is 2. The van der Waals surface area contributed by atoms with Crippen molar-refractivity contribution in [3.8, 4) is 22.7 Å². The van der Waals surface area contributed by atoms with Crippen LogP contribution in [0.2, 0.25) is 0 Å². The highest BCUT2D eigenvalue weighted by Crippen LogP contribution is 2.33. The van der Waals surface area contributed by atoms with Crippen LogP contribution in [-0.4, -0.2) is 42.5 Å². The van der Waals surface area contributed by atoms with Gasteiger partial charge in [-0.05, 0) is 36.6 Å². The van der Waals surface area contributed by atoms with E-state index in [4.69, 9.17) is 14.2 Å². The first kappa shape index (κ1) is 23.9. The smallest absolute Gasteiger partial charge is 0.357 e. The van der Waals surface area contributed by atoms with Crippen LogP contribution in [0.4, 0.5) is 8.78 Å². The van der Waals surface area contributed by atoms with Gasteiger partial charge in [0.05, 0.1) is 26.5 Å². The first-order chi connectivity index (χ1) is 15.8. The van der Waals surface area contributed by atoms with Crippen molar-refractivity contribution in [3.05, 3.63) is 65.4 Å². The third-order valence-electron chi connectivity index (χ3n) is 4.87. The molecule has 0 N–H and O–H groups in total. The average Bonchev–Trinajstić information content (AvgIpc) is 3.20. The van der Waals surface area contributed by atoms with E-state index < -0.39 is 29.3 Å². The monoisotopic (exact) mass is 458 g/mol. The number of aromatic nitrogens is 2. The van der Waals surface area contributed by atoms with E-state index in [1.165, 1.54) is 4.68 Å². The van der Waals surface area contributed by atoms with Gasteiger partial charge >= 0.3 is 11.9 Å². The Morgan fingerprint density at radius 1 is 1.00 bits per heavy atom. The highest BCUT2D eigenvalue weighted by atomic mass is 19.1. The van der Waals surface area contributed by atoms with Crippen LogP contribution in [0.5, 0.6) is 5.75 Å². The SMILES string of the molecule is COC(=O)c1c(-c2cc(F)c(OCCC(C)C)c(F)c2)nn(-c2ccccc2)c1C(=O)OC. The molecule has 0 atom stereocenters. The number of para-hydroxylation sites is 1. The predicted octanol–water partition coefficient (Wildman–Crippen LogP) is 4.82. The number of nitrogens with zero attached hydrogens (tertiary/aromatic N) is 2. The van der Waals surface area contributed by atoms with Crippen molar-refractivity contribution in [3.63, 3.8) is 0 Å². The van der Waals surface area contributed by atoms with Crippen LogP contribution in [0.3, 0.4) is 0 Å². The van der Waals surface area contributed by atoms with Gasteiger partial charge in [-0.1, -0.05) is 32.0 Å². The molecular weight excluding hydrogens is 434 g/mol. The Bertz CT molecular complexity index is 1140. The molecule has 0 fully saturated rings. The normalized spacial score (nSPS) is 10.9. The molecule has 3 aromatic rings. The first-order valence-electron chi connectivity index (χ1n) is 10.3. The molecule has 0 aliphatic rings. The van der Waals surface area contributed by atoms with Crippen molar-refractivity contribution in [2.24, 2.45) is 5.92 Å². The average molecular weight is 458 g/mol. The topological polar surface area (TPSA) is 79.7 Å². The molecule has 1 aromatic heterocycles. The Morgan fingerprint density at radius 2 is 1.61 bits per heavy atom. The minimum Gasteiger partial charge on any atom is -0.488 e. The van der Waals surface area contributed by atoms with Crippen molar-refractivity contribution in [2.75, 3.05) is 20.8 Å². The summed E-state index contributed by atoms with van der Waals surface area (Å²) in [5, 5.41) is 4.33. The molecule has 33 heavy (non-hydrogen) atoms. The number of halogens is 2. The van der Waals surface area contributed by atoms with Gasteiger partial charge in [-0.3, -0.25) is 0 Å². The minimum atomic E-state index is -0.960. The Morgan fingerprint density at radius 3 is 2.15 bits per heavy atom. The van der Waals surface area contributed by atoms with Crippen LogP contribution < -0.4 is 4.74 Å². The van der Waals surface area contributed by atoms with Crippen LogP contribution in [0.25, 0.3) is 16.9 Å². The highest BCUT2D eigenvalue weighted by Gasteiger charge is 2.32. The maximum atomic E-state index is 14.8. The molecule has 174 valence electrons. The van der Waals surface area contributed by atoms with E-state index in [0.29, 0.717) is 18.0 Å². The van der Waals surface area contributed by atoms with Crippen LogP contribution in [-0.2, 0) is 9.47 Å². The fraction of sp³-hybridized carbons (Fsp3) is 0.292. The fourth-order valence-corrected chi connectivity index (χ4v) is 3.19. The Kier molecular flexibility index (Phi) is 7.42. The summed E-state index contributed by atoms with van der Waals surface area (Å²) < 4.78 is 45.7. The molecule has 0 amide bonds. The van der Waals surface area contributed by atoms with Crippen molar-refractivity contribution < 1.29 is 32.6 Å². The summed E-state index contributed by atoms with van der Waals surface area (Å²) in [6.45, 7) is 4.08. The van der Waals surface area contributed by atoms with Crippen molar-refractivity contribution >= 4 is 11.9 Å². The lowest BCUT2D eigenvalue weighted by Crippen LogP contribution is -2.15. The summed E-state index contributed by atoms with van der Waals surface area (Å²) in [6, 6.07) is 10.5. The molecular formula is C24H24F2N2O5. The van der Waals surface area contributed by atoms with E-state index in [0.717, 1.165) is 26.4 Å². The maximum Gasteiger partial charge on any atom is 0.357 e. The van der Waals surface area contributed by atoms with Gasteiger partial charge in [0.1, 0.15) is 11.3 Å². The number of carbonyl (C=O) groups is 2. The second-order valence-electron chi connectivity index (χ2n) is 7.60. The molecule has 7 nitrogen and oxygen atoms in total. The Hall–Kier alpha value is -3.75. The quantitative estimate of drug-likeness (QED) is 0.451. The summed E-state index contributed by atoms with van der Waals surface area (Å²) in [7, 11) is 2.27. The Labute approximate surface area is 189 Å². The first-order valence-corrected chi connectivity index (χ1v) is 10.3. The molecule has 0 saturated heterocycles. The van der Waals surface area contributed by atoms with Gasteiger partial charge in [0.15, 0.2) is 23.1 Å². The molecule has 2 aromatic carbocycles. The summed E-state index contributed by atoms with van der Waals surface area (Å²) in [6.07, 6.45) is 0.622. The zero-order valence-electron chi connectivity index (χ0n) is 18.7. The molecule has 3 rings (SSSR count). The number of carbonyl (C=O) groups excluding carboxylic acids is 2. The lowest BCUT2D eigenvalue weighted by molar-refractivity contribution is 0.0549. The molecule has 0 spiro atoms. The molecule has 0 aliphatic carbocycles. The van der Waals surface area contributed by atoms with Gasteiger partial charge in [-0.2, -0.15) is 5.10 Å². The van der Waals surface area contributed by atoms with Crippen molar-refractivity contribution in [1.82, 2.24) is 9.78 Å². The number of benzene rings is 2. The van der Waals surface area contributed by atoms with E-state index in [1.54, 1.807) is 30.3 Å². The van der Waals surface area contributed by atoms with Crippen LogP contribution in [0.15, 0.2) is 42.5 Å². The van der Waals surface area contributed by atoms with Gasteiger partial charge < -0.3 is 14.2 Å². The number of ether oxygens (including phenoxy) is 3. The third kappa shape index (κ3) is 5.02. The van der Waals surface area contributed by atoms with Gasteiger partial charge in [0, 0.05) is 5.56 Å². The van der Waals surface area contributed by atoms with E-state index in [9.17, 15) is 18.4 Å². The molecule has 0 radical (unpaired) electrons. The standard InChI is InChI=1S/C24H24F2N2O5/c1-14(2)10-11-33-22-17(25)12-15(13-18(22)26)20-19(23(29)31-3)21(24(30)32-4)28(27-20)16-8-6-5-7-9-16/h5-9,12-14H,10-11H2,1-4H3. The molecule has 0 bridgehead atoms. The molecule has 0 unspecified atom stereocenters. The third-order valence-corrected chi connectivity index (χ3v) is 4.87. The van der Waals surface area contributed by atoms with E-state index >= 15 is 0 Å².